The molecule has 1 unspecified atom stereocenters. The fourth-order valence-electron chi connectivity index (χ4n) is 2.42. The molecule has 1 atom stereocenters. The molecule has 0 fully saturated rings. The Morgan fingerprint density at radius 2 is 2.00 bits per heavy atom. The zero-order valence-electron chi connectivity index (χ0n) is 12.0. The average molecular weight is 300 g/mol. The lowest BCUT2D eigenvalue weighted by atomic mass is 10.0. The molecule has 0 saturated heterocycles. The van der Waals surface area contributed by atoms with E-state index in [4.69, 9.17) is 22.6 Å². The Labute approximate surface area is 130 Å². The van der Waals surface area contributed by atoms with Gasteiger partial charge < -0.3 is 5.73 Å². The fraction of sp³-hybridized carbons (Fsp3) is 0.235. The van der Waals surface area contributed by atoms with Crippen molar-refractivity contribution in [2.45, 2.75) is 12.6 Å². The molecular weight excluding hydrogens is 282 g/mol. The summed E-state index contributed by atoms with van der Waals surface area (Å²) in [6.07, 6.45) is 0. The van der Waals surface area contributed by atoms with Crippen LogP contribution in [-0.2, 0) is 6.54 Å². The topological polar surface area (TPSA) is 53.0 Å². The SMILES string of the molecule is CN(Cc1cccc(C#N)c1)C(CN)c1cccc(Cl)c1. The van der Waals surface area contributed by atoms with Gasteiger partial charge in [0.1, 0.15) is 0 Å². The van der Waals surface area contributed by atoms with Crippen LogP contribution in [0.15, 0.2) is 48.5 Å². The van der Waals surface area contributed by atoms with E-state index >= 15 is 0 Å². The predicted octanol–water partition coefficient (Wildman–Crippen LogP) is 3.34. The minimum atomic E-state index is 0.0921. The maximum Gasteiger partial charge on any atom is 0.0991 e. The Hall–Kier alpha value is -1.86. The fourth-order valence-corrected chi connectivity index (χ4v) is 2.62. The summed E-state index contributed by atoms with van der Waals surface area (Å²) in [5, 5.41) is 9.68. The summed E-state index contributed by atoms with van der Waals surface area (Å²) in [6.45, 7) is 1.23. The van der Waals surface area contributed by atoms with Crippen LogP contribution < -0.4 is 5.73 Å². The number of nitriles is 1. The summed E-state index contributed by atoms with van der Waals surface area (Å²) in [5.74, 6) is 0. The van der Waals surface area contributed by atoms with Gasteiger partial charge in [-0.25, -0.2) is 0 Å². The number of rotatable bonds is 5. The van der Waals surface area contributed by atoms with E-state index in [1.54, 1.807) is 6.07 Å². The minimum absolute atomic E-state index is 0.0921. The van der Waals surface area contributed by atoms with Crippen LogP contribution in [0.5, 0.6) is 0 Å². The molecule has 2 aromatic carbocycles. The van der Waals surface area contributed by atoms with Gasteiger partial charge in [0, 0.05) is 24.2 Å². The van der Waals surface area contributed by atoms with Gasteiger partial charge in [0.05, 0.1) is 11.6 Å². The molecule has 2 rings (SSSR count). The van der Waals surface area contributed by atoms with Crippen molar-refractivity contribution in [3.05, 3.63) is 70.2 Å². The summed E-state index contributed by atoms with van der Waals surface area (Å²) < 4.78 is 0. The van der Waals surface area contributed by atoms with Crippen molar-refractivity contribution in [2.75, 3.05) is 13.6 Å². The van der Waals surface area contributed by atoms with Crippen LogP contribution in [0.2, 0.25) is 5.02 Å². The van der Waals surface area contributed by atoms with E-state index in [2.05, 4.69) is 11.0 Å². The molecule has 0 aromatic heterocycles. The van der Waals surface area contributed by atoms with Crippen LogP contribution in [0.4, 0.5) is 0 Å². The van der Waals surface area contributed by atoms with Crippen LogP contribution >= 0.6 is 11.6 Å². The summed E-state index contributed by atoms with van der Waals surface area (Å²) in [6, 6.07) is 17.7. The predicted molar refractivity (Wildman–Crippen MR) is 85.9 cm³/mol. The number of hydrogen-bond donors (Lipinski definition) is 1. The minimum Gasteiger partial charge on any atom is -0.329 e. The van der Waals surface area contributed by atoms with E-state index in [1.807, 2.05) is 49.5 Å². The van der Waals surface area contributed by atoms with E-state index in [9.17, 15) is 0 Å². The van der Waals surface area contributed by atoms with Crippen molar-refractivity contribution in [1.29, 1.82) is 5.26 Å². The molecule has 0 radical (unpaired) electrons. The highest BCUT2D eigenvalue weighted by molar-refractivity contribution is 6.30. The Morgan fingerprint density at radius 3 is 2.67 bits per heavy atom. The molecule has 3 nitrogen and oxygen atoms in total. The second kappa shape index (κ2) is 7.24. The van der Waals surface area contributed by atoms with Crippen LogP contribution in [0.25, 0.3) is 0 Å². The third-order valence-electron chi connectivity index (χ3n) is 3.48. The number of benzene rings is 2. The lowest BCUT2D eigenvalue weighted by Gasteiger charge is -2.27. The van der Waals surface area contributed by atoms with E-state index in [1.165, 1.54) is 0 Å². The van der Waals surface area contributed by atoms with Gasteiger partial charge in [-0.3, -0.25) is 4.90 Å². The summed E-state index contributed by atoms with van der Waals surface area (Å²) in [4.78, 5) is 2.17. The van der Waals surface area contributed by atoms with Gasteiger partial charge in [0.15, 0.2) is 0 Å². The third kappa shape index (κ3) is 4.05. The van der Waals surface area contributed by atoms with E-state index in [0.29, 0.717) is 17.1 Å². The van der Waals surface area contributed by atoms with Crippen molar-refractivity contribution in [3.63, 3.8) is 0 Å². The van der Waals surface area contributed by atoms with Crippen molar-refractivity contribution in [3.8, 4) is 6.07 Å². The standard InChI is InChI=1S/C17H18ClN3/c1-21(12-14-5-2-4-13(8-14)10-19)17(11-20)15-6-3-7-16(18)9-15/h2-9,17H,11-12,20H2,1H3. The Balaban J connectivity index is 2.17. The molecule has 4 heteroatoms. The summed E-state index contributed by atoms with van der Waals surface area (Å²) in [7, 11) is 2.03. The molecule has 0 aliphatic carbocycles. The molecule has 108 valence electrons. The van der Waals surface area contributed by atoms with Gasteiger partial charge in [-0.15, -0.1) is 0 Å². The lowest BCUT2D eigenvalue weighted by Crippen LogP contribution is -2.30. The van der Waals surface area contributed by atoms with Crippen LogP contribution in [0, 0.1) is 11.3 Å². The second-order valence-electron chi connectivity index (χ2n) is 5.03. The maximum atomic E-state index is 8.96. The molecule has 2 aromatic rings. The number of nitrogens with zero attached hydrogens (tertiary/aromatic N) is 2. The van der Waals surface area contributed by atoms with Gasteiger partial charge in [-0.2, -0.15) is 5.26 Å². The van der Waals surface area contributed by atoms with Gasteiger partial charge in [0.2, 0.25) is 0 Å². The van der Waals surface area contributed by atoms with Crippen molar-refractivity contribution < 1.29 is 0 Å². The monoisotopic (exact) mass is 299 g/mol. The van der Waals surface area contributed by atoms with Crippen LogP contribution in [0.3, 0.4) is 0 Å². The largest absolute Gasteiger partial charge is 0.329 e. The zero-order valence-corrected chi connectivity index (χ0v) is 12.7. The Kier molecular flexibility index (Phi) is 5.35. The summed E-state index contributed by atoms with van der Waals surface area (Å²) in [5.41, 5.74) is 8.80. The summed E-state index contributed by atoms with van der Waals surface area (Å²) >= 11 is 6.05. The molecule has 2 N–H and O–H groups in total. The maximum absolute atomic E-state index is 8.96. The molecule has 0 aliphatic heterocycles. The van der Waals surface area contributed by atoms with Crippen molar-refractivity contribution in [1.82, 2.24) is 4.90 Å². The first-order valence-corrected chi connectivity index (χ1v) is 7.16. The number of likely N-dealkylation sites (N-methyl/N-ethyl adjacent to an activating group) is 1. The molecule has 0 bridgehead atoms. The first-order chi connectivity index (χ1) is 10.1. The number of nitrogens with two attached hydrogens (primary N) is 1. The Morgan fingerprint density at radius 1 is 1.24 bits per heavy atom. The molecule has 0 heterocycles. The first-order valence-electron chi connectivity index (χ1n) is 6.79. The molecule has 0 spiro atoms. The van der Waals surface area contributed by atoms with Crippen molar-refractivity contribution >= 4 is 11.6 Å². The lowest BCUT2D eigenvalue weighted by molar-refractivity contribution is 0.242. The average Bonchev–Trinajstić information content (AvgIpc) is 2.48. The van der Waals surface area contributed by atoms with Gasteiger partial charge in [-0.05, 0) is 42.4 Å². The molecular formula is C17H18ClN3. The smallest absolute Gasteiger partial charge is 0.0991 e. The zero-order chi connectivity index (χ0) is 15.2. The highest BCUT2D eigenvalue weighted by Gasteiger charge is 2.16. The number of hydrogen-bond acceptors (Lipinski definition) is 3. The van der Waals surface area contributed by atoms with Crippen molar-refractivity contribution in [2.24, 2.45) is 5.73 Å². The van der Waals surface area contributed by atoms with Gasteiger partial charge in [0.25, 0.3) is 0 Å². The molecule has 21 heavy (non-hydrogen) atoms. The molecule has 0 amide bonds. The van der Waals surface area contributed by atoms with E-state index in [-0.39, 0.29) is 6.04 Å². The van der Waals surface area contributed by atoms with Crippen LogP contribution in [-0.4, -0.2) is 18.5 Å². The van der Waals surface area contributed by atoms with Gasteiger partial charge >= 0.3 is 0 Å². The van der Waals surface area contributed by atoms with Crippen LogP contribution in [0.1, 0.15) is 22.7 Å². The normalized spacial score (nSPS) is 12.1. The quantitative estimate of drug-likeness (QED) is 0.921. The molecule has 0 saturated carbocycles. The van der Waals surface area contributed by atoms with E-state index in [0.717, 1.165) is 17.7 Å². The van der Waals surface area contributed by atoms with Gasteiger partial charge in [-0.1, -0.05) is 35.9 Å². The number of halogens is 1. The van der Waals surface area contributed by atoms with E-state index < -0.39 is 0 Å². The highest BCUT2D eigenvalue weighted by Crippen LogP contribution is 2.23. The highest BCUT2D eigenvalue weighted by atomic mass is 35.5. The first kappa shape index (κ1) is 15.5. The third-order valence-corrected chi connectivity index (χ3v) is 3.71. The molecule has 0 aliphatic rings. The second-order valence-corrected chi connectivity index (χ2v) is 5.47. The Bertz CT molecular complexity index is 648.